The van der Waals surface area contributed by atoms with Crippen molar-refractivity contribution in [1.82, 2.24) is 0 Å². The van der Waals surface area contributed by atoms with Gasteiger partial charge in [-0.15, -0.1) is 0 Å². The first kappa shape index (κ1) is 8.66. The van der Waals surface area contributed by atoms with Crippen molar-refractivity contribution < 1.29 is 4.79 Å². The fraction of sp³-hybridized carbons (Fsp3) is 0. The second kappa shape index (κ2) is 3.82. The Morgan fingerprint density at radius 1 is 1.50 bits per heavy atom. The maximum absolute atomic E-state index is 9.93. The normalized spacial score (nSPS) is 8.33. The molecule has 0 radical (unpaired) electrons. The number of hydrogen-bond donors (Lipinski definition) is 0. The molecule has 58 valence electrons. The van der Waals surface area contributed by atoms with E-state index in [0.29, 0.717) is 15.7 Å². The molecule has 0 aromatic heterocycles. The van der Waals surface area contributed by atoms with E-state index in [4.69, 9.17) is 5.26 Å². The summed E-state index contributed by atoms with van der Waals surface area (Å²) in [5.74, 6) is 0. The lowest BCUT2D eigenvalue weighted by Gasteiger charge is -1.94. The van der Waals surface area contributed by atoms with E-state index in [1.54, 1.807) is 12.1 Å². The maximum Gasteiger partial charge on any atom is 0.240 e. The predicted molar refractivity (Wildman–Crippen MR) is 46.6 cm³/mol. The Hall–Kier alpha value is -1.43. The highest BCUT2D eigenvalue weighted by atomic mass is 79.9. The minimum atomic E-state index is 0.420. The number of benzene rings is 1. The summed E-state index contributed by atoms with van der Waals surface area (Å²) in [6.07, 6.45) is 1.41. The van der Waals surface area contributed by atoms with Gasteiger partial charge in [-0.25, -0.2) is 4.79 Å². The van der Waals surface area contributed by atoms with Crippen LogP contribution in [0.4, 0.5) is 5.69 Å². The SMILES string of the molecule is N#Cc1ccc(Br)c(N=C=O)c1. The molecule has 0 saturated carbocycles. The molecule has 0 aliphatic carbocycles. The number of hydrogen-bond acceptors (Lipinski definition) is 3. The lowest BCUT2D eigenvalue weighted by atomic mass is 10.2. The van der Waals surface area contributed by atoms with Crippen LogP contribution >= 0.6 is 15.9 Å². The van der Waals surface area contributed by atoms with Crippen molar-refractivity contribution in [3.05, 3.63) is 28.2 Å². The lowest BCUT2D eigenvalue weighted by molar-refractivity contribution is 0.565. The van der Waals surface area contributed by atoms with Crippen molar-refractivity contribution in [2.24, 2.45) is 4.99 Å². The molecule has 0 fully saturated rings. The van der Waals surface area contributed by atoms with E-state index < -0.39 is 0 Å². The summed E-state index contributed by atoms with van der Waals surface area (Å²) in [7, 11) is 0. The third kappa shape index (κ3) is 1.79. The van der Waals surface area contributed by atoms with E-state index in [0.717, 1.165) is 0 Å². The van der Waals surface area contributed by atoms with Crippen molar-refractivity contribution in [3.8, 4) is 6.07 Å². The highest BCUT2D eigenvalue weighted by Crippen LogP contribution is 2.25. The number of nitriles is 1. The Morgan fingerprint density at radius 3 is 2.83 bits per heavy atom. The van der Waals surface area contributed by atoms with Crippen LogP contribution in [0.2, 0.25) is 0 Å². The van der Waals surface area contributed by atoms with E-state index in [1.807, 2.05) is 6.07 Å². The van der Waals surface area contributed by atoms with Crippen molar-refractivity contribution >= 4 is 27.7 Å². The molecule has 0 spiro atoms. The van der Waals surface area contributed by atoms with E-state index in [9.17, 15) is 4.79 Å². The van der Waals surface area contributed by atoms with Gasteiger partial charge in [-0.2, -0.15) is 10.3 Å². The van der Waals surface area contributed by atoms with Crippen LogP contribution in [0, 0.1) is 11.3 Å². The highest BCUT2D eigenvalue weighted by molar-refractivity contribution is 9.10. The van der Waals surface area contributed by atoms with Gasteiger partial charge in [0.15, 0.2) is 0 Å². The smallest absolute Gasteiger partial charge is 0.211 e. The minimum absolute atomic E-state index is 0.420. The quantitative estimate of drug-likeness (QED) is 0.541. The van der Waals surface area contributed by atoms with Crippen molar-refractivity contribution in [2.75, 3.05) is 0 Å². The van der Waals surface area contributed by atoms with Crippen LogP contribution in [0.1, 0.15) is 5.56 Å². The number of rotatable bonds is 1. The highest BCUT2D eigenvalue weighted by Gasteiger charge is 1.98. The third-order valence-corrected chi connectivity index (χ3v) is 1.91. The second-order valence-electron chi connectivity index (χ2n) is 1.98. The number of aliphatic imine (C=N–C) groups is 1. The molecule has 4 heteroatoms. The Labute approximate surface area is 77.5 Å². The van der Waals surface area contributed by atoms with Gasteiger partial charge >= 0.3 is 0 Å². The summed E-state index contributed by atoms with van der Waals surface area (Å²) < 4.78 is 0.671. The van der Waals surface area contributed by atoms with Gasteiger partial charge in [-0.1, -0.05) is 0 Å². The zero-order chi connectivity index (χ0) is 8.97. The molecule has 0 aliphatic heterocycles. The molecule has 0 amide bonds. The van der Waals surface area contributed by atoms with Crippen LogP contribution in [0.3, 0.4) is 0 Å². The number of carbonyl (C=O) groups excluding carboxylic acids is 1. The van der Waals surface area contributed by atoms with Gasteiger partial charge in [0.2, 0.25) is 6.08 Å². The van der Waals surface area contributed by atoms with Crippen molar-refractivity contribution in [1.29, 1.82) is 5.26 Å². The molecule has 1 rings (SSSR count). The van der Waals surface area contributed by atoms with Gasteiger partial charge in [0.05, 0.1) is 17.3 Å². The predicted octanol–water partition coefficient (Wildman–Crippen LogP) is 2.29. The monoisotopic (exact) mass is 222 g/mol. The average molecular weight is 223 g/mol. The summed E-state index contributed by atoms with van der Waals surface area (Å²) in [5, 5.41) is 8.52. The molecule has 0 saturated heterocycles. The van der Waals surface area contributed by atoms with Crippen LogP contribution in [0.25, 0.3) is 0 Å². The Kier molecular flexibility index (Phi) is 2.76. The van der Waals surface area contributed by atoms with E-state index in [-0.39, 0.29) is 0 Å². The Balaban J connectivity index is 3.28. The molecule has 12 heavy (non-hydrogen) atoms. The minimum Gasteiger partial charge on any atom is -0.211 e. The molecule has 1 aromatic carbocycles. The maximum atomic E-state index is 9.93. The molecule has 0 aliphatic rings. The van der Waals surface area contributed by atoms with E-state index in [2.05, 4.69) is 20.9 Å². The molecule has 0 N–H and O–H groups in total. The fourth-order valence-corrected chi connectivity index (χ4v) is 1.05. The van der Waals surface area contributed by atoms with Gasteiger partial charge in [0.1, 0.15) is 0 Å². The number of isocyanates is 1. The molecular weight excluding hydrogens is 220 g/mol. The molecule has 1 aromatic rings. The first-order valence-electron chi connectivity index (χ1n) is 3.05. The molecule has 0 heterocycles. The van der Waals surface area contributed by atoms with Crippen molar-refractivity contribution in [3.63, 3.8) is 0 Å². The molecule has 3 nitrogen and oxygen atoms in total. The molecule has 0 atom stereocenters. The standard InChI is InChI=1S/C8H3BrN2O/c9-7-2-1-6(4-10)3-8(7)11-5-12/h1-3H. The van der Waals surface area contributed by atoms with E-state index >= 15 is 0 Å². The first-order chi connectivity index (χ1) is 5.77. The average Bonchev–Trinajstić information content (AvgIpc) is 2.09. The summed E-state index contributed by atoms with van der Waals surface area (Å²) in [5.41, 5.74) is 0.885. The topological polar surface area (TPSA) is 53.2 Å². The second-order valence-corrected chi connectivity index (χ2v) is 2.84. The lowest BCUT2D eigenvalue weighted by Crippen LogP contribution is -1.74. The summed E-state index contributed by atoms with van der Waals surface area (Å²) in [6.45, 7) is 0. The van der Waals surface area contributed by atoms with Crippen LogP contribution in [-0.4, -0.2) is 6.08 Å². The van der Waals surface area contributed by atoms with Gasteiger partial charge in [-0.05, 0) is 34.1 Å². The zero-order valence-corrected chi connectivity index (χ0v) is 7.50. The van der Waals surface area contributed by atoms with Gasteiger partial charge < -0.3 is 0 Å². The Morgan fingerprint density at radius 2 is 2.25 bits per heavy atom. The number of halogens is 1. The first-order valence-corrected chi connectivity index (χ1v) is 3.84. The molecule has 0 bridgehead atoms. The Bertz CT molecular complexity index is 389. The fourth-order valence-electron chi connectivity index (χ4n) is 0.717. The van der Waals surface area contributed by atoms with Gasteiger partial charge in [0, 0.05) is 4.47 Å². The van der Waals surface area contributed by atoms with Crippen LogP contribution in [-0.2, 0) is 4.79 Å². The van der Waals surface area contributed by atoms with Crippen LogP contribution in [0.15, 0.2) is 27.7 Å². The summed E-state index contributed by atoms with van der Waals surface area (Å²) >= 11 is 3.18. The summed E-state index contributed by atoms with van der Waals surface area (Å²) in [6, 6.07) is 6.75. The van der Waals surface area contributed by atoms with Gasteiger partial charge in [0.25, 0.3) is 0 Å². The number of nitrogens with zero attached hydrogens (tertiary/aromatic N) is 2. The zero-order valence-electron chi connectivity index (χ0n) is 5.91. The van der Waals surface area contributed by atoms with Crippen LogP contribution in [0.5, 0.6) is 0 Å². The van der Waals surface area contributed by atoms with Gasteiger partial charge in [-0.3, -0.25) is 0 Å². The van der Waals surface area contributed by atoms with Crippen molar-refractivity contribution in [2.45, 2.75) is 0 Å². The van der Waals surface area contributed by atoms with E-state index in [1.165, 1.54) is 12.1 Å². The molecular formula is C8H3BrN2O. The third-order valence-electron chi connectivity index (χ3n) is 1.24. The van der Waals surface area contributed by atoms with Crippen LogP contribution < -0.4 is 0 Å². The largest absolute Gasteiger partial charge is 0.240 e. The summed E-state index contributed by atoms with van der Waals surface area (Å²) in [4.78, 5) is 13.3. The molecule has 0 unspecified atom stereocenters.